The fraction of sp³-hybridized carbons (Fsp3) is 0.222. The zero-order valence-electron chi connectivity index (χ0n) is 12.2. The molecule has 0 aliphatic carbocycles. The monoisotopic (exact) mass is 295 g/mol. The van der Waals surface area contributed by atoms with Crippen LogP contribution in [0.4, 0.5) is 0 Å². The van der Waals surface area contributed by atoms with Crippen LogP contribution in [0, 0.1) is 0 Å². The van der Waals surface area contributed by atoms with Gasteiger partial charge in [-0.1, -0.05) is 36.4 Å². The Labute approximate surface area is 129 Å². The quantitative estimate of drug-likeness (QED) is 0.812. The van der Waals surface area contributed by atoms with E-state index in [0.717, 1.165) is 23.3 Å². The number of benzene rings is 1. The standard InChI is InChI=1S/C18H17NO3/c20-18(22-13-14-4-2-1-3-5-14)16-6-9-19-17(12-16)15-7-10-21-11-8-15/h1-7,9,12H,8,10-11,13H2. The van der Waals surface area contributed by atoms with Gasteiger partial charge in [0.15, 0.2) is 0 Å². The summed E-state index contributed by atoms with van der Waals surface area (Å²) in [6, 6.07) is 13.1. The molecule has 112 valence electrons. The fourth-order valence-corrected chi connectivity index (χ4v) is 2.30. The van der Waals surface area contributed by atoms with E-state index in [1.165, 1.54) is 0 Å². The van der Waals surface area contributed by atoms with Gasteiger partial charge in [0, 0.05) is 6.20 Å². The van der Waals surface area contributed by atoms with Crippen molar-refractivity contribution in [2.45, 2.75) is 13.0 Å². The van der Waals surface area contributed by atoms with Gasteiger partial charge in [0.05, 0.1) is 24.5 Å². The SMILES string of the molecule is O=C(OCc1ccccc1)c1ccnc(C2=CCOCC2)c1. The van der Waals surface area contributed by atoms with Crippen LogP contribution in [0.1, 0.15) is 28.0 Å². The number of carbonyl (C=O) groups excluding carboxylic acids is 1. The third kappa shape index (κ3) is 3.59. The van der Waals surface area contributed by atoms with E-state index in [9.17, 15) is 4.79 Å². The highest BCUT2D eigenvalue weighted by molar-refractivity contribution is 5.90. The van der Waals surface area contributed by atoms with Gasteiger partial charge in [-0.2, -0.15) is 0 Å². The van der Waals surface area contributed by atoms with Crippen LogP contribution < -0.4 is 0 Å². The molecule has 1 aliphatic rings. The molecule has 2 heterocycles. The molecule has 0 bridgehead atoms. The van der Waals surface area contributed by atoms with Gasteiger partial charge in [-0.25, -0.2) is 4.79 Å². The van der Waals surface area contributed by atoms with Crippen molar-refractivity contribution in [2.75, 3.05) is 13.2 Å². The predicted octanol–water partition coefficient (Wildman–Crippen LogP) is 3.24. The van der Waals surface area contributed by atoms with Crippen molar-refractivity contribution in [3.63, 3.8) is 0 Å². The first-order chi connectivity index (χ1) is 10.8. The maximum Gasteiger partial charge on any atom is 0.338 e. The molecule has 0 saturated heterocycles. The van der Waals surface area contributed by atoms with E-state index in [1.807, 2.05) is 36.4 Å². The number of hydrogen-bond donors (Lipinski definition) is 0. The summed E-state index contributed by atoms with van der Waals surface area (Å²) in [5.74, 6) is -0.333. The smallest absolute Gasteiger partial charge is 0.338 e. The summed E-state index contributed by atoms with van der Waals surface area (Å²) in [6.45, 7) is 1.56. The second kappa shape index (κ2) is 7.00. The molecule has 0 radical (unpaired) electrons. The molecule has 0 atom stereocenters. The van der Waals surface area contributed by atoms with Crippen LogP contribution in [0.25, 0.3) is 5.57 Å². The van der Waals surface area contributed by atoms with Crippen molar-refractivity contribution in [2.24, 2.45) is 0 Å². The van der Waals surface area contributed by atoms with Crippen molar-refractivity contribution < 1.29 is 14.3 Å². The molecule has 0 saturated carbocycles. The van der Waals surface area contributed by atoms with Crippen LogP contribution in [0.2, 0.25) is 0 Å². The van der Waals surface area contributed by atoms with Gasteiger partial charge in [0.2, 0.25) is 0 Å². The van der Waals surface area contributed by atoms with Crippen LogP contribution in [-0.2, 0) is 16.1 Å². The van der Waals surface area contributed by atoms with Gasteiger partial charge in [-0.05, 0) is 29.7 Å². The highest BCUT2D eigenvalue weighted by Crippen LogP contribution is 2.20. The van der Waals surface area contributed by atoms with E-state index in [-0.39, 0.29) is 12.6 Å². The minimum absolute atomic E-state index is 0.272. The molecule has 0 fully saturated rings. The molecule has 0 amide bonds. The minimum atomic E-state index is -0.333. The average molecular weight is 295 g/mol. The largest absolute Gasteiger partial charge is 0.457 e. The number of aromatic nitrogens is 1. The molecule has 1 aliphatic heterocycles. The molecule has 4 heteroatoms. The van der Waals surface area contributed by atoms with Crippen LogP contribution >= 0.6 is 0 Å². The third-order valence-corrected chi connectivity index (χ3v) is 3.50. The van der Waals surface area contributed by atoms with E-state index in [0.29, 0.717) is 18.8 Å². The second-order valence-corrected chi connectivity index (χ2v) is 5.05. The Kier molecular flexibility index (Phi) is 4.61. The summed E-state index contributed by atoms with van der Waals surface area (Å²) in [5.41, 5.74) is 3.42. The molecule has 4 nitrogen and oxygen atoms in total. The lowest BCUT2D eigenvalue weighted by Crippen LogP contribution is -2.08. The lowest BCUT2D eigenvalue weighted by molar-refractivity contribution is 0.0472. The minimum Gasteiger partial charge on any atom is -0.457 e. The number of esters is 1. The zero-order chi connectivity index (χ0) is 15.2. The highest BCUT2D eigenvalue weighted by atomic mass is 16.5. The van der Waals surface area contributed by atoms with E-state index in [2.05, 4.69) is 4.98 Å². The summed E-state index contributed by atoms with van der Waals surface area (Å²) in [7, 11) is 0. The van der Waals surface area contributed by atoms with Gasteiger partial charge in [-0.3, -0.25) is 4.98 Å². The van der Waals surface area contributed by atoms with E-state index >= 15 is 0 Å². The van der Waals surface area contributed by atoms with Crippen molar-refractivity contribution in [3.8, 4) is 0 Å². The molecule has 22 heavy (non-hydrogen) atoms. The fourth-order valence-electron chi connectivity index (χ4n) is 2.30. The summed E-state index contributed by atoms with van der Waals surface area (Å²) in [5, 5.41) is 0. The topological polar surface area (TPSA) is 48.4 Å². The van der Waals surface area contributed by atoms with Gasteiger partial charge in [0.1, 0.15) is 6.61 Å². The summed E-state index contributed by atoms with van der Waals surface area (Å²) in [4.78, 5) is 16.5. The van der Waals surface area contributed by atoms with Gasteiger partial charge >= 0.3 is 5.97 Å². The molecule has 1 aromatic heterocycles. The Balaban J connectivity index is 1.69. The number of nitrogens with zero attached hydrogens (tertiary/aromatic N) is 1. The summed E-state index contributed by atoms with van der Waals surface area (Å²) < 4.78 is 10.6. The van der Waals surface area contributed by atoms with Crippen molar-refractivity contribution in [1.29, 1.82) is 0 Å². The molecule has 0 unspecified atom stereocenters. The Bertz CT molecular complexity index is 680. The number of rotatable bonds is 4. The maximum atomic E-state index is 12.2. The first-order valence-electron chi connectivity index (χ1n) is 7.27. The van der Waals surface area contributed by atoms with Crippen molar-refractivity contribution in [1.82, 2.24) is 4.98 Å². The lowest BCUT2D eigenvalue weighted by Gasteiger charge is -2.13. The van der Waals surface area contributed by atoms with Crippen molar-refractivity contribution >= 4 is 11.5 Å². The number of carbonyl (C=O) groups is 1. The molecule has 1 aromatic carbocycles. The Hall–Kier alpha value is -2.46. The second-order valence-electron chi connectivity index (χ2n) is 5.05. The van der Waals surface area contributed by atoms with Crippen LogP contribution in [0.3, 0.4) is 0 Å². The summed E-state index contributed by atoms with van der Waals surface area (Å²) >= 11 is 0. The van der Waals surface area contributed by atoms with Crippen LogP contribution in [0.5, 0.6) is 0 Å². The Morgan fingerprint density at radius 1 is 1.23 bits per heavy atom. The molecule has 0 N–H and O–H groups in total. The summed E-state index contributed by atoms with van der Waals surface area (Å²) in [6.07, 6.45) is 4.46. The van der Waals surface area contributed by atoms with E-state index < -0.39 is 0 Å². The molecule has 2 aromatic rings. The van der Waals surface area contributed by atoms with Crippen LogP contribution in [-0.4, -0.2) is 24.2 Å². The van der Waals surface area contributed by atoms with E-state index in [1.54, 1.807) is 18.3 Å². The third-order valence-electron chi connectivity index (χ3n) is 3.50. The zero-order valence-corrected chi connectivity index (χ0v) is 12.2. The maximum absolute atomic E-state index is 12.2. The van der Waals surface area contributed by atoms with Gasteiger partial charge < -0.3 is 9.47 Å². The Morgan fingerprint density at radius 2 is 2.09 bits per heavy atom. The normalized spacial score (nSPS) is 14.3. The van der Waals surface area contributed by atoms with Crippen LogP contribution in [0.15, 0.2) is 54.7 Å². The average Bonchev–Trinajstić information content (AvgIpc) is 2.61. The van der Waals surface area contributed by atoms with Gasteiger partial charge in [0.25, 0.3) is 0 Å². The molecule has 3 rings (SSSR count). The van der Waals surface area contributed by atoms with Gasteiger partial charge in [-0.15, -0.1) is 0 Å². The number of pyridine rings is 1. The molecular weight excluding hydrogens is 278 g/mol. The van der Waals surface area contributed by atoms with Crippen molar-refractivity contribution in [3.05, 3.63) is 71.6 Å². The van der Waals surface area contributed by atoms with E-state index in [4.69, 9.17) is 9.47 Å². The predicted molar refractivity (Wildman–Crippen MR) is 83.2 cm³/mol. The molecule has 0 spiro atoms. The highest BCUT2D eigenvalue weighted by Gasteiger charge is 2.12. The molecular formula is C18H17NO3. The first kappa shape index (κ1) is 14.5. The number of hydrogen-bond acceptors (Lipinski definition) is 4. The lowest BCUT2D eigenvalue weighted by atomic mass is 10.1. The first-order valence-corrected chi connectivity index (χ1v) is 7.27. The Morgan fingerprint density at radius 3 is 2.86 bits per heavy atom. The number of ether oxygens (including phenoxy) is 2.